The first-order valence-electron chi connectivity index (χ1n) is 10.7. The van der Waals surface area contributed by atoms with Crippen LogP contribution in [0.25, 0.3) is 33.2 Å². The number of rotatable bonds is 6. The van der Waals surface area contributed by atoms with Gasteiger partial charge in [0.25, 0.3) is 0 Å². The zero-order chi connectivity index (χ0) is 22.6. The van der Waals surface area contributed by atoms with E-state index in [0.717, 1.165) is 44.7 Å². The number of amides is 1. The van der Waals surface area contributed by atoms with Gasteiger partial charge >= 0.3 is 0 Å². The predicted octanol–water partition coefficient (Wildman–Crippen LogP) is 5.67. The Morgan fingerprint density at radius 2 is 1.61 bits per heavy atom. The van der Waals surface area contributed by atoms with E-state index in [0.29, 0.717) is 12.1 Å². The van der Waals surface area contributed by atoms with E-state index in [2.05, 4.69) is 40.6 Å². The third kappa shape index (κ3) is 4.29. The Bertz CT molecular complexity index is 1430. The highest BCUT2D eigenvalue weighted by Gasteiger charge is 2.14. The van der Waals surface area contributed by atoms with E-state index < -0.39 is 5.91 Å². The number of nitrogens with zero attached hydrogens (tertiary/aromatic N) is 2. The summed E-state index contributed by atoms with van der Waals surface area (Å²) in [6.07, 6.45) is 1.78. The summed E-state index contributed by atoms with van der Waals surface area (Å²) in [7, 11) is 0. The maximum Gasteiger partial charge on any atom is 0.248 e. The van der Waals surface area contributed by atoms with Gasteiger partial charge < -0.3 is 11.1 Å². The molecule has 0 radical (unpaired) electrons. The molecule has 0 fully saturated rings. The first kappa shape index (κ1) is 20.4. The van der Waals surface area contributed by atoms with Crippen LogP contribution in [0.1, 0.15) is 16.1 Å². The van der Waals surface area contributed by atoms with Gasteiger partial charge in [-0.15, -0.1) is 0 Å². The van der Waals surface area contributed by atoms with Gasteiger partial charge in [-0.1, -0.05) is 66.7 Å². The Morgan fingerprint density at radius 3 is 2.39 bits per heavy atom. The topological polar surface area (TPSA) is 80.9 Å². The number of hydrogen-bond donors (Lipinski definition) is 2. The van der Waals surface area contributed by atoms with Crippen LogP contribution in [0.5, 0.6) is 0 Å². The predicted molar refractivity (Wildman–Crippen MR) is 133 cm³/mol. The number of primary amides is 1. The first-order valence-corrected chi connectivity index (χ1v) is 10.7. The van der Waals surface area contributed by atoms with Crippen LogP contribution in [-0.4, -0.2) is 15.9 Å². The lowest BCUT2D eigenvalue weighted by Crippen LogP contribution is -2.10. The summed E-state index contributed by atoms with van der Waals surface area (Å²) in [6, 6.07) is 31.7. The van der Waals surface area contributed by atoms with Crippen LogP contribution in [0.2, 0.25) is 0 Å². The monoisotopic (exact) mass is 430 g/mol. The standard InChI is InChI=1S/C28H22N4O/c29-27(33)22-12-6-10-20(16-22)25-17-21-11-7-14-24(19-8-2-1-3-9-19)26(21)28(32-25)31-18-23-13-4-5-15-30-23/h1-17H,18H2,(H2,29,33)(H,31,32). The van der Waals surface area contributed by atoms with Crippen LogP contribution in [-0.2, 0) is 6.54 Å². The summed E-state index contributed by atoms with van der Waals surface area (Å²) in [5.74, 6) is 0.301. The van der Waals surface area contributed by atoms with E-state index >= 15 is 0 Å². The number of nitrogens with one attached hydrogen (secondary N) is 1. The van der Waals surface area contributed by atoms with Crippen molar-refractivity contribution in [2.75, 3.05) is 5.32 Å². The molecular formula is C28H22N4O. The molecule has 5 aromatic rings. The van der Waals surface area contributed by atoms with Crippen molar-refractivity contribution < 1.29 is 4.79 Å². The zero-order valence-corrected chi connectivity index (χ0v) is 17.9. The number of anilines is 1. The molecule has 160 valence electrons. The van der Waals surface area contributed by atoms with E-state index in [-0.39, 0.29) is 0 Å². The van der Waals surface area contributed by atoms with Crippen LogP contribution in [0, 0.1) is 0 Å². The van der Waals surface area contributed by atoms with Crippen LogP contribution in [0.15, 0.2) is 103 Å². The molecule has 0 aliphatic rings. The quantitative estimate of drug-likeness (QED) is 0.363. The molecule has 0 spiro atoms. The highest BCUT2D eigenvalue weighted by Crippen LogP contribution is 2.35. The normalized spacial score (nSPS) is 10.8. The van der Waals surface area contributed by atoms with Crippen molar-refractivity contribution >= 4 is 22.5 Å². The molecule has 2 aromatic heterocycles. The molecule has 0 atom stereocenters. The van der Waals surface area contributed by atoms with Gasteiger partial charge in [-0.2, -0.15) is 0 Å². The molecule has 2 heterocycles. The smallest absolute Gasteiger partial charge is 0.248 e. The zero-order valence-electron chi connectivity index (χ0n) is 17.9. The van der Waals surface area contributed by atoms with Gasteiger partial charge in [-0.05, 0) is 46.8 Å². The highest BCUT2D eigenvalue weighted by atomic mass is 16.1. The minimum absolute atomic E-state index is 0.454. The molecule has 0 saturated carbocycles. The fourth-order valence-corrected chi connectivity index (χ4v) is 3.95. The minimum atomic E-state index is -0.461. The molecule has 0 bridgehead atoms. The third-order valence-corrected chi connectivity index (χ3v) is 5.55. The Kier molecular flexibility index (Phi) is 5.52. The van der Waals surface area contributed by atoms with Gasteiger partial charge in [0.2, 0.25) is 5.91 Å². The fourth-order valence-electron chi connectivity index (χ4n) is 3.95. The molecule has 0 unspecified atom stereocenters. The summed E-state index contributed by atoms with van der Waals surface area (Å²) in [4.78, 5) is 21.1. The molecule has 3 N–H and O–H groups in total. The summed E-state index contributed by atoms with van der Waals surface area (Å²) in [5, 5.41) is 5.58. The number of fused-ring (bicyclic) bond motifs is 1. The van der Waals surface area contributed by atoms with E-state index in [1.54, 1.807) is 18.3 Å². The largest absolute Gasteiger partial charge is 0.366 e. The first-order chi connectivity index (χ1) is 16.2. The molecule has 5 rings (SSSR count). The van der Waals surface area contributed by atoms with Crippen molar-refractivity contribution in [1.82, 2.24) is 9.97 Å². The average molecular weight is 431 g/mol. The number of carbonyl (C=O) groups excluding carboxylic acids is 1. The fraction of sp³-hybridized carbons (Fsp3) is 0.0357. The molecule has 0 aliphatic carbocycles. The van der Waals surface area contributed by atoms with E-state index in [9.17, 15) is 4.79 Å². The maximum absolute atomic E-state index is 11.7. The summed E-state index contributed by atoms with van der Waals surface area (Å²) < 4.78 is 0. The Hall–Kier alpha value is -4.51. The minimum Gasteiger partial charge on any atom is -0.366 e. The Balaban J connectivity index is 1.68. The van der Waals surface area contributed by atoms with E-state index in [4.69, 9.17) is 10.7 Å². The van der Waals surface area contributed by atoms with Crippen molar-refractivity contribution in [3.05, 3.63) is 115 Å². The SMILES string of the molecule is NC(=O)c1cccc(-c2cc3cccc(-c4ccccc4)c3c(NCc3ccccn3)n2)c1. The van der Waals surface area contributed by atoms with Crippen molar-refractivity contribution in [2.24, 2.45) is 5.73 Å². The van der Waals surface area contributed by atoms with Gasteiger partial charge in [0.05, 0.1) is 17.9 Å². The third-order valence-electron chi connectivity index (χ3n) is 5.55. The summed E-state index contributed by atoms with van der Waals surface area (Å²) in [6.45, 7) is 0.539. The Morgan fingerprint density at radius 1 is 0.818 bits per heavy atom. The van der Waals surface area contributed by atoms with Crippen LogP contribution >= 0.6 is 0 Å². The van der Waals surface area contributed by atoms with Gasteiger partial charge in [0.15, 0.2) is 0 Å². The van der Waals surface area contributed by atoms with Crippen LogP contribution < -0.4 is 11.1 Å². The average Bonchev–Trinajstić information content (AvgIpc) is 2.88. The van der Waals surface area contributed by atoms with Crippen molar-refractivity contribution in [3.8, 4) is 22.4 Å². The second-order valence-electron chi connectivity index (χ2n) is 7.75. The van der Waals surface area contributed by atoms with Gasteiger partial charge in [0, 0.05) is 22.7 Å². The number of carbonyl (C=O) groups is 1. The number of pyridine rings is 2. The van der Waals surface area contributed by atoms with Crippen LogP contribution in [0.4, 0.5) is 5.82 Å². The summed E-state index contributed by atoms with van der Waals surface area (Å²) >= 11 is 0. The second-order valence-corrected chi connectivity index (χ2v) is 7.75. The van der Waals surface area contributed by atoms with E-state index in [1.165, 1.54) is 0 Å². The maximum atomic E-state index is 11.7. The number of benzene rings is 3. The lowest BCUT2D eigenvalue weighted by atomic mass is 9.97. The van der Waals surface area contributed by atoms with Crippen molar-refractivity contribution in [1.29, 1.82) is 0 Å². The molecule has 5 heteroatoms. The number of hydrogen-bond acceptors (Lipinski definition) is 4. The number of nitrogens with two attached hydrogens (primary N) is 1. The molecular weight excluding hydrogens is 408 g/mol. The van der Waals surface area contributed by atoms with Gasteiger partial charge in [-0.25, -0.2) is 4.98 Å². The molecule has 3 aromatic carbocycles. The lowest BCUT2D eigenvalue weighted by Gasteiger charge is -2.15. The highest BCUT2D eigenvalue weighted by molar-refractivity contribution is 6.05. The lowest BCUT2D eigenvalue weighted by molar-refractivity contribution is 0.100. The summed E-state index contributed by atoms with van der Waals surface area (Å²) in [5.41, 5.74) is 10.7. The second kappa shape index (κ2) is 8.93. The molecule has 1 amide bonds. The molecule has 0 aliphatic heterocycles. The molecule has 5 nitrogen and oxygen atoms in total. The van der Waals surface area contributed by atoms with Gasteiger partial charge in [-0.3, -0.25) is 9.78 Å². The van der Waals surface area contributed by atoms with Crippen molar-refractivity contribution in [3.63, 3.8) is 0 Å². The van der Waals surface area contributed by atoms with E-state index in [1.807, 2.05) is 54.6 Å². The molecule has 0 saturated heterocycles. The Labute approximate surface area is 192 Å². The number of aromatic nitrogens is 2. The molecule has 33 heavy (non-hydrogen) atoms. The van der Waals surface area contributed by atoms with Crippen LogP contribution in [0.3, 0.4) is 0 Å². The van der Waals surface area contributed by atoms with Crippen molar-refractivity contribution in [2.45, 2.75) is 6.54 Å². The van der Waals surface area contributed by atoms with Gasteiger partial charge in [0.1, 0.15) is 5.82 Å².